The molecule has 9 heteroatoms. The topological polar surface area (TPSA) is 107 Å². The van der Waals surface area contributed by atoms with Gasteiger partial charge in [-0.1, -0.05) is 31.5 Å². The third-order valence-electron chi connectivity index (χ3n) is 5.51. The van der Waals surface area contributed by atoms with Crippen LogP contribution in [0.4, 0.5) is 5.00 Å². The normalized spacial score (nSPS) is 10.9. The van der Waals surface area contributed by atoms with Gasteiger partial charge in [-0.15, -0.1) is 11.3 Å². The van der Waals surface area contributed by atoms with Gasteiger partial charge in [-0.2, -0.15) is 5.26 Å². The van der Waals surface area contributed by atoms with Gasteiger partial charge in [0.2, 0.25) is 0 Å². The Morgan fingerprint density at radius 2 is 1.79 bits per heavy atom. The van der Waals surface area contributed by atoms with Crippen LogP contribution in [0.5, 0.6) is 17.2 Å². The number of nitrogens with one attached hydrogen (secondary N) is 1. The van der Waals surface area contributed by atoms with Crippen LogP contribution in [0.25, 0.3) is 17.2 Å². The van der Waals surface area contributed by atoms with Crippen molar-refractivity contribution < 1.29 is 28.5 Å². The zero-order valence-electron chi connectivity index (χ0n) is 21.8. The molecule has 2 aromatic carbocycles. The van der Waals surface area contributed by atoms with E-state index < -0.39 is 11.9 Å². The lowest BCUT2D eigenvalue weighted by Crippen LogP contribution is -2.16. The Morgan fingerprint density at radius 3 is 2.42 bits per heavy atom. The molecule has 0 fully saturated rings. The predicted octanol–water partition coefficient (Wildman–Crippen LogP) is 6.33. The fourth-order valence-electron chi connectivity index (χ4n) is 3.55. The van der Waals surface area contributed by atoms with Gasteiger partial charge >= 0.3 is 5.97 Å². The maximum Gasteiger partial charge on any atom is 0.341 e. The van der Waals surface area contributed by atoms with Crippen molar-refractivity contribution in [2.45, 2.75) is 26.7 Å². The van der Waals surface area contributed by atoms with Crippen molar-refractivity contribution in [3.8, 4) is 34.4 Å². The van der Waals surface area contributed by atoms with Gasteiger partial charge in [0.05, 0.1) is 27.4 Å². The molecular weight excluding hydrogens is 504 g/mol. The molecule has 3 rings (SSSR count). The molecule has 0 aliphatic heterocycles. The van der Waals surface area contributed by atoms with E-state index in [4.69, 9.17) is 18.9 Å². The Morgan fingerprint density at radius 1 is 1.05 bits per heavy atom. The Kier molecular flexibility index (Phi) is 10.3. The van der Waals surface area contributed by atoms with E-state index in [-0.39, 0.29) is 22.7 Å². The molecule has 0 bridgehead atoms. The molecule has 0 aliphatic rings. The first kappa shape index (κ1) is 28.3. The maximum absolute atomic E-state index is 13.0. The van der Waals surface area contributed by atoms with Gasteiger partial charge in [0.25, 0.3) is 5.91 Å². The second-order valence-electron chi connectivity index (χ2n) is 8.04. The number of benzene rings is 2. The summed E-state index contributed by atoms with van der Waals surface area (Å²) < 4.78 is 21.6. The van der Waals surface area contributed by atoms with Gasteiger partial charge in [-0.05, 0) is 54.8 Å². The summed E-state index contributed by atoms with van der Waals surface area (Å²) >= 11 is 1.16. The number of carbonyl (C=O) groups excluding carboxylic acids is 2. The predicted molar refractivity (Wildman–Crippen MR) is 148 cm³/mol. The Bertz CT molecular complexity index is 1340. The van der Waals surface area contributed by atoms with E-state index in [1.165, 1.54) is 20.3 Å². The summed E-state index contributed by atoms with van der Waals surface area (Å²) in [7, 11) is 3.06. The lowest BCUT2D eigenvalue weighted by molar-refractivity contribution is -0.112. The van der Waals surface area contributed by atoms with Gasteiger partial charge in [0, 0.05) is 10.9 Å². The number of nitrogens with zero attached hydrogens (tertiary/aromatic N) is 1. The highest BCUT2D eigenvalue weighted by atomic mass is 32.1. The number of ether oxygens (including phenoxy) is 4. The van der Waals surface area contributed by atoms with Crippen molar-refractivity contribution in [3.05, 3.63) is 64.5 Å². The van der Waals surface area contributed by atoms with Crippen LogP contribution in [0.15, 0.2) is 53.4 Å². The standard InChI is InChI=1S/C29H30N2O6S/c1-5-7-14-37-22-11-8-19(9-12-22)15-21(17-30)27(32)31-28-26(29(33)36-6-2)23(18-38-28)20-10-13-24(34-3)25(16-20)35-4/h8-13,15-16,18H,5-7,14H2,1-4H3,(H,31,32)/b21-15+. The van der Waals surface area contributed by atoms with Crippen LogP contribution in [-0.4, -0.2) is 39.3 Å². The first-order valence-electron chi connectivity index (χ1n) is 12.1. The quantitative estimate of drug-likeness (QED) is 0.125. The fraction of sp³-hybridized carbons (Fsp3) is 0.276. The number of hydrogen-bond donors (Lipinski definition) is 1. The van der Waals surface area contributed by atoms with E-state index in [0.717, 1.165) is 29.9 Å². The number of hydrogen-bond acceptors (Lipinski definition) is 8. The highest BCUT2D eigenvalue weighted by molar-refractivity contribution is 7.15. The van der Waals surface area contributed by atoms with Gasteiger partial charge < -0.3 is 24.3 Å². The Balaban J connectivity index is 1.89. The molecule has 0 atom stereocenters. The van der Waals surface area contributed by atoms with Gasteiger partial charge in [0.1, 0.15) is 28.0 Å². The average molecular weight is 535 g/mol. The van der Waals surface area contributed by atoms with Gasteiger partial charge in [-0.25, -0.2) is 4.79 Å². The number of rotatable bonds is 12. The van der Waals surface area contributed by atoms with E-state index in [0.29, 0.717) is 34.8 Å². The lowest BCUT2D eigenvalue weighted by Gasteiger charge is -2.11. The molecule has 1 aromatic heterocycles. The third kappa shape index (κ3) is 6.93. The monoisotopic (exact) mass is 534 g/mol. The molecule has 3 aromatic rings. The summed E-state index contributed by atoms with van der Waals surface area (Å²) in [5.41, 5.74) is 2.00. The zero-order chi connectivity index (χ0) is 27.5. The lowest BCUT2D eigenvalue weighted by atomic mass is 10.0. The molecule has 198 valence electrons. The van der Waals surface area contributed by atoms with Crippen molar-refractivity contribution in [2.75, 3.05) is 32.8 Å². The van der Waals surface area contributed by atoms with Crippen LogP contribution in [-0.2, 0) is 9.53 Å². The fourth-order valence-corrected chi connectivity index (χ4v) is 4.50. The van der Waals surface area contributed by atoms with Crippen LogP contribution in [0.3, 0.4) is 0 Å². The largest absolute Gasteiger partial charge is 0.494 e. The van der Waals surface area contributed by atoms with Crippen molar-refractivity contribution in [2.24, 2.45) is 0 Å². The summed E-state index contributed by atoms with van der Waals surface area (Å²) in [5.74, 6) is 0.533. The SMILES string of the molecule is CCCCOc1ccc(/C=C(\C#N)C(=O)Nc2scc(-c3ccc(OC)c(OC)c3)c2C(=O)OCC)cc1. The minimum absolute atomic E-state index is 0.111. The molecule has 1 heterocycles. The van der Waals surface area contributed by atoms with Gasteiger partial charge in [0.15, 0.2) is 11.5 Å². The van der Waals surface area contributed by atoms with E-state index in [2.05, 4.69) is 12.2 Å². The highest BCUT2D eigenvalue weighted by Crippen LogP contribution is 2.39. The molecule has 0 aliphatic carbocycles. The number of esters is 1. The van der Waals surface area contributed by atoms with Crippen LogP contribution in [0, 0.1) is 11.3 Å². The third-order valence-corrected chi connectivity index (χ3v) is 6.41. The number of anilines is 1. The summed E-state index contributed by atoms with van der Waals surface area (Å²) in [6, 6.07) is 14.3. The molecule has 0 saturated carbocycles. The molecule has 38 heavy (non-hydrogen) atoms. The minimum Gasteiger partial charge on any atom is -0.494 e. The summed E-state index contributed by atoms with van der Waals surface area (Å²) in [6.07, 6.45) is 3.49. The van der Waals surface area contributed by atoms with Crippen LogP contribution in [0.2, 0.25) is 0 Å². The second kappa shape index (κ2) is 13.9. The first-order chi connectivity index (χ1) is 18.4. The van der Waals surface area contributed by atoms with Crippen molar-refractivity contribution in [1.82, 2.24) is 0 Å². The second-order valence-corrected chi connectivity index (χ2v) is 8.92. The van der Waals surface area contributed by atoms with E-state index >= 15 is 0 Å². The van der Waals surface area contributed by atoms with E-state index in [1.54, 1.807) is 54.8 Å². The van der Waals surface area contributed by atoms with Crippen molar-refractivity contribution in [3.63, 3.8) is 0 Å². The molecule has 0 saturated heterocycles. The summed E-state index contributed by atoms with van der Waals surface area (Å²) in [4.78, 5) is 26.0. The minimum atomic E-state index is -0.637. The number of amides is 1. The van der Waals surface area contributed by atoms with Crippen LogP contribution >= 0.6 is 11.3 Å². The number of carbonyl (C=O) groups is 2. The molecule has 1 N–H and O–H groups in total. The summed E-state index contributed by atoms with van der Waals surface area (Å²) in [6.45, 7) is 4.59. The highest BCUT2D eigenvalue weighted by Gasteiger charge is 2.24. The van der Waals surface area contributed by atoms with Crippen molar-refractivity contribution >= 4 is 34.3 Å². The molecule has 8 nitrogen and oxygen atoms in total. The zero-order valence-corrected chi connectivity index (χ0v) is 22.6. The number of methoxy groups -OCH3 is 2. The summed E-state index contributed by atoms with van der Waals surface area (Å²) in [5, 5.41) is 14.4. The van der Waals surface area contributed by atoms with Crippen molar-refractivity contribution in [1.29, 1.82) is 5.26 Å². The molecule has 1 amide bonds. The Labute approximate surface area is 226 Å². The first-order valence-corrected chi connectivity index (χ1v) is 13.0. The molecule has 0 unspecified atom stereocenters. The number of unbranched alkanes of at least 4 members (excludes halogenated alkanes) is 1. The average Bonchev–Trinajstić information content (AvgIpc) is 3.35. The molecule has 0 spiro atoms. The molecular formula is C29H30N2O6S. The Hall–Kier alpha value is -4.29. The maximum atomic E-state index is 13.0. The number of nitriles is 1. The van der Waals surface area contributed by atoms with E-state index in [1.807, 2.05) is 6.07 Å². The number of thiophene rings is 1. The van der Waals surface area contributed by atoms with E-state index in [9.17, 15) is 14.9 Å². The van der Waals surface area contributed by atoms with Crippen LogP contribution in [0.1, 0.15) is 42.6 Å². The van der Waals surface area contributed by atoms with Crippen LogP contribution < -0.4 is 19.5 Å². The molecule has 0 radical (unpaired) electrons. The smallest absolute Gasteiger partial charge is 0.341 e. The van der Waals surface area contributed by atoms with Gasteiger partial charge in [-0.3, -0.25) is 4.79 Å².